The summed E-state index contributed by atoms with van der Waals surface area (Å²) < 4.78 is 0. The van der Waals surface area contributed by atoms with Crippen LogP contribution in [0.15, 0.2) is 0 Å². The number of nitrogens with zero attached hydrogens (tertiary/aromatic N) is 1. The second-order valence-electron chi connectivity index (χ2n) is 3.70. The monoisotopic (exact) mass is 187 g/mol. The van der Waals surface area contributed by atoms with Crippen molar-refractivity contribution in [2.24, 2.45) is 5.92 Å². The van der Waals surface area contributed by atoms with Gasteiger partial charge in [0, 0.05) is 6.54 Å². The van der Waals surface area contributed by atoms with Gasteiger partial charge in [0.2, 0.25) is 5.91 Å². The van der Waals surface area contributed by atoms with Crippen LogP contribution in [-0.2, 0) is 4.79 Å². The van der Waals surface area contributed by atoms with Crippen molar-refractivity contribution >= 4 is 5.91 Å². The molecule has 0 spiro atoms. The molecule has 4 heteroatoms. The summed E-state index contributed by atoms with van der Waals surface area (Å²) >= 11 is 0. The fourth-order valence-electron chi connectivity index (χ4n) is 1.05. The van der Waals surface area contributed by atoms with Gasteiger partial charge in [-0.25, -0.2) is 0 Å². The van der Waals surface area contributed by atoms with E-state index in [1.807, 2.05) is 26.0 Å². The van der Waals surface area contributed by atoms with Crippen molar-refractivity contribution in [3.8, 4) is 0 Å². The van der Waals surface area contributed by atoms with Crippen molar-refractivity contribution in [3.05, 3.63) is 0 Å². The molecule has 1 unspecified atom stereocenters. The smallest absolute Gasteiger partial charge is 0.234 e. The van der Waals surface area contributed by atoms with Gasteiger partial charge >= 0.3 is 0 Å². The summed E-state index contributed by atoms with van der Waals surface area (Å²) in [6.07, 6.45) is 0. The summed E-state index contributed by atoms with van der Waals surface area (Å²) in [5.41, 5.74) is 0. The van der Waals surface area contributed by atoms with E-state index in [1.165, 1.54) is 0 Å². The highest BCUT2D eigenvalue weighted by molar-refractivity contribution is 5.77. The lowest BCUT2D eigenvalue weighted by Crippen LogP contribution is -2.37. The SMILES string of the molecule is CNCC(C)CNC(=O)CN(C)C. The molecule has 0 bridgehead atoms. The number of likely N-dealkylation sites (N-methyl/N-ethyl adjacent to an activating group) is 1. The lowest BCUT2D eigenvalue weighted by molar-refractivity contribution is -0.121. The molecule has 0 fully saturated rings. The van der Waals surface area contributed by atoms with Crippen LogP contribution in [0.25, 0.3) is 0 Å². The zero-order valence-electron chi connectivity index (χ0n) is 9.05. The van der Waals surface area contributed by atoms with Crippen molar-refractivity contribution < 1.29 is 4.79 Å². The van der Waals surface area contributed by atoms with E-state index in [2.05, 4.69) is 17.6 Å². The molecule has 0 aromatic rings. The van der Waals surface area contributed by atoms with Crippen LogP contribution in [-0.4, -0.2) is 51.6 Å². The van der Waals surface area contributed by atoms with E-state index in [9.17, 15) is 4.79 Å². The van der Waals surface area contributed by atoms with Gasteiger partial charge in [0.05, 0.1) is 6.54 Å². The van der Waals surface area contributed by atoms with Gasteiger partial charge < -0.3 is 15.5 Å². The molecule has 0 heterocycles. The quantitative estimate of drug-likeness (QED) is 0.590. The largest absolute Gasteiger partial charge is 0.355 e. The minimum absolute atomic E-state index is 0.0907. The van der Waals surface area contributed by atoms with E-state index < -0.39 is 0 Å². The van der Waals surface area contributed by atoms with Crippen LogP contribution < -0.4 is 10.6 Å². The molecule has 1 amide bonds. The van der Waals surface area contributed by atoms with E-state index in [4.69, 9.17) is 0 Å². The topological polar surface area (TPSA) is 44.4 Å². The molecule has 0 rings (SSSR count). The minimum Gasteiger partial charge on any atom is -0.355 e. The Labute approximate surface area is 80.7 Å². The second kappa shape index (κ2) is 6.86. The van der Waals surface area contributed by atoms with Crippen LogP contribution in [0, 0.1) is 5.92 Å². The maximum atomic E-state index is 11.2. The molecule has 0 aromatic carbocycles. The molecule has 0 radical (unpaired) electrons. The summed E-state index contributed by atoms with van der Waals surface area (Å²) in [4.78, 5) is 13.0. The van der Waals surface area contributed by atoms with E-state index in [0.717, 1.165) is 13.1 Å². The van der Waals surface area contributed by atoms with E-state index >= 15 is 0 Å². The van der Waals surface area contributed by atoms with Crippen LogP contribution in [0.3, 0.4) is 0 Å². The summed E-state index contributed by atoms with van der Waals surface area (Å²) in [7, 11) is 5.69. The lowest BCUT2D eigenvalue weighted by atomic mass is 10.2. The molecular formula is C9H21N3O. The van der Waals surface area contributed by atoms with Crippen LogP contribution in [0.2, 0.25) is 0 Å². The first-order chi connectivity index (χ1) is 6.06. The first kappa shape index (κ1) is 12.4. The number of rotatable bonds is 6. The third kappa shape index (κ3) is 7.74. The van der Waals surface area contributed by atoms with Gasteiger partial charge in [0.15, 0.2) is 0 Å². The Morgan fingerprint density at radius 3 is 2.46 bits per heavy atom. The minimum atomic E-state index is 0.0907. The molecule has 0 aliphatic heterocycles. The summed E-state index contributed by atoms with van der Waals surface area (Å²) in [5.74, 6) is 0.573. The average molecular weight is 187 g/mol. The van der Waals surface area contributed by atoms with E-state index in [1.54, 1.807) is 0 Å². The lowest BCUT2D eigenvalue weighted by Gasteiger charge is -2.13. The van der Waals surface area contributed by atoms with Crippen molar-refractivity contribution in [2.75, 3.05) is 40.8 Å². The number of hydrogen-bond donors (Lipinski definition) is 2. The van der Waals surface area contributed by atoms with Crippen LogP contribution >= 0.6 is 0 Å². The highest BCUT2D eigenvalue weighted by Crippen LogP contribution is 1.88. The third-order valence-electron chi connectivity index (χ3n) is 1.66. The zero-order chi connectivity index (χ0) is 10.3. The Hall–Kier alpha value is -0.610. The van der Waals surface area contributed by atoms with Gasteiger partial charge in [-0.05, 0) is 33.6 Å². The first-order valence-corrected chi connectivity index (χ1v) is 4.62. The van der Waals surface area contributed by atoms with E-state index in [-0.39, 0.29) is 5.91 Å². The number of carbonyl (C=O) groups is 1. The maximum absolute atomic E-state index is 11.2. The Kier molecular flexibility index (Phi) is 6.54. The maximum Gasteiger partial charge on any atom is 0.234 e. The fourth-order valence-corrected chi connectivity index (χ4v) is 1.05. The summed E-state index contributed by atoms with van der Waals surface area (Å²) in [6, 6.07) is 0. The van der Waals surface area contributed by atoms with Gasteiger partial charge in [0.25, 0.3) is 0 Å². The highest BCUT2D eigenvalue weighted by Gasteiger charge is 2.04. The standard InChI is InChI=1S/C9H21N3O/c1-8(5-10-2)6-11-9(13)7-12(3)4/h8,10H,5-7H2,1-4H3,(H,11,13). The van der Waals surface area contributed by atoms with Gasteiger partial charge in [-0.15, -0.1) is 0 Å². The van der Waals surface area contributed by atoms with Crippen LogP contribution in [0.4, 0.5) is 0 Å². The summed E-state index contributed by atoms with van der Waals surface area (Å²) in [6.45, 7) is 4.24. The second-order valence-corrected chi connectivity index (χ2v) is 3.70. The Morgan fingerprint density at radius 2 is 2.00 bits per heavy atom. The normalized spacial score (nSPS) is 13.0. The molecule has 2 N–H and O–H groups in total. The number of hydrogen-bond acceptors (Lipinski definition) is 3. The Bertz CT molecular complexity index is 148. The zero-order valence-corrected chi connectivity index (χ0v) is 9.05. The molecular weight excluding hydrogens is 166 g/mol. The molecule has 4 nitrogen and oxygen atoms in total. The molecule has 78 valence electrons. The van der Waals surface area contributed by atoms with Gasteiger partial charge in [-0.1, -0.05) is 6.92 Å². The molecule has 1 atom stereocenters. The average Bonchev–Trinajstić information content (AvgIpc) is 2.00. The molecule has 0 aromatic heterocycles. The fraction of sp³-hybridized carbons (Fsp3) is 0.889. The summed E-state index contributed by atoms with van der Waals surface area (Å²) in [5, 5.41) is 5.95. The van der Waals surface area contributed by atoms with Gasteiger partial charge in [-0.3, -0.25) is 4.79 Å². The molecule has 0 saturated carbocycles. The predicted octanol–water partition coefficient (Wildman–Crippen LogP) is -0.480. The molecule has 0 saturated heterocycles. The molecule has 13 heavy (non-hydrogen) atoms. The van der Waals surface area contributed by atoms with Crippen LogP contribution in [0.5, 0.6) is 0 Å². The van der Waals surface area contributed by atoms with E-state index in [0.29, 0.717) is 12.5 Å². The predicted molar refractivity (Wildman–Crippen MR) is 54.7 cm³/mol. The Morgan fingerprint density at radius 1 is 1.38 bits per heavy atom. The van der Waals surface area contributed by atoms with Gasteiger partial charge in [0.1, 0.15) is 0 Å². The number of amides is 1. The number of carbonyl (C=O) groups excluding carboxylic acids is 1. The van der Waals surface area contributed by atoms with Crippen molar-refractivity contribution in [2.45, 2.75) is 6.92 Å². The van der Waals surface area contributed by atoms with Crippen molar-refractivity contribution in [1.29, 1.82) is 0 Å². The first-order valence-electron chi connectivity index (χ1n) is 4.62. The van der Waals surface area contributed by atoms with Gasteiger partial charge in [-0.2, -0.15) is 0 Å². The molecule has 0 aliphatic carbocycles. The third-order valence-corrected chi connectivity index (χ3v) is 1.66. The molecule has 0 aliphatic rings. The Balaban J connectivity index is 3.46. The van der Waals surface area contributed by atoms with Crippen LogP contribution in [0.1, 0.15) is 6.92 Å². The van der Waals surface area contributed by atoms with Crippen molar-refractivity contribution in [3.63, 3.8) is 0 Å². The highest BCUT2D eigenvalue weighted by atomic mass is 16.1. The number of nitrogens with one attached hydrogen (secondary N) is 2. The van der Waals surface area contributed by atoms with Crippen molar-refractivity contribution in [1.82, 2.24) is 15.5 Å².